The summed E-state index contributed by atoms with van der Waals surface area (Å²) in [5.74, 6) is 0.309. The summed E-state index contributed by atoms with van der Waals surface area (Å²) in [4.78, 5) is 23.7. The van der Waals surface area contributed by atoms with Crippen molar-refractivity contribution in [1.82, 2.24) is 9.97 Å². The standard InChI is InChI=1S/C22H24N4O/c1-4-18-12-8-9-13-19(18)24-21(27)20-14-16(2)23-22(25-20)26(3)15-17-10-6-5-7-11-17/h5-14H,4,15H2,1-3H3,(H,24,27). The van der Waals surface area contributed by atoms with Crippen LogP contribution in [0.1, 0.15) is 34.2 Å². The number of aryl methyl sites for hydroxylation is 2. The molecule has 0 bridgehead atoms. The van der Waals surface area contributed by atoms with E-state index < -0.39 is 0 Å². The van der Waals surface area contributed by atoms with E-state index >= 15 is 0 Å². The molecule has 1 aromatic heterocycles. The topological polar surface area (TPSA) is 58.1 Å². The van der Waals surface area contributed by atoms with E-state index in [1.807, 2.05) is 61.3 Å². The monoisotopic (exact) mass is 360 g/mol. The van der Waals surface area contributed by atoms with Crippen molar-refractivity contribution in [2.45, 2.75) is 26.8 Å². The lowest BCUT2D eigenvalue weighted by molar-refractivity contribution is 0.102. The van der Waals surface area contributed by atoms with Crippen LogP contribution in [0.4, 0.5) is 11.6 Å². The molecule has 5 nitrogen and oxygen atoms in total. The minimum absolute atomic E-state index is 0.226. The second-order valence-electron chi connectivity index (χ2n) is 6.50. The van der Waals surface area contributed by atoms with Crippen molar-refractivity contribution in [2.75, 3.05) is 17.3 Å². The molecule has 0 saturated carbocycles. The summed E-state index contributed by atoms with van der Waals surface area (Å²) >= 11 is 0. The minimum atomic E-state index is -0.226. The van der Waals surface area contributed by atoms with Crippen LogP contribution in [-0.4, -0.2) is 22.9 Å². The highest BCUT2D eigenvalue weighted by molar-refractivity contribution is 6.03. The molecule has 1 N–H and O–H groups in total. The van der Waals surface area contributed by atoms with E-state index in [4.69, 9.17) is 0 Å². The predicted molar refractivity (Wildman–Crippen MR) is 109 cm³/mol. The Morgan fingerprint density at radius 2 is 1.74 bits per heavy atom. The Morgan fingerprint density at radius 3 is 2.48 bits per heavy atom. The Balaban J connectivity index is 1.81. The summed E-state index contributed by atoms with van der Waals surface area (Å²) in [5, 5.41) is 2.97. The van der Waals surface area contributed by atoms with Crippen LogP contribution in [0.25, 0.3) is 0 Å². The molecule has 138 valence electrons. The average molecular weight is 360 g/mol. The summed E-state index contributed by atoms with van der Waals surface area (Å²) in [7, 11) is 1.93. The number of carbonyl (C=O) groups is 1. The average Bonchev–Trinajstić information content (AvgIpc) is 2.68. The maximum absolute atomic E-state index is 12.7. The molecule has 0 atom stereocenters. The van der Waals surface area contributed by atoms with Crippen molar-refractivity contribution in [1.29, 1.82) is 0 Å². The van der Waals surface area contributed by atoms with E-state index in [1.165, 1.54) is 0 Å². The van der Waals surface area contributed by atoms with Gasteiger partial charge in [-0.05, 0) is 36.6 Å². The highest BCUT2D eigenvalue weighted by Gasteiger charge is 2.14. The Labute approximate surface area is 160 Å². The number of amides is 1. The third kappa shape index (κ3) is 4.70. The molecule has 1 heterocycles. The lowest BCUT2D eigenvalue weighted by atomic mass is 10.1. The van der Waals surface area contributed by atoms with Crippen LogP contribution in [0, 0.1) is 6.92 Å². The molecular formula is C22H24N4O. The zero-order chi connectivity index (χ0) is 19.2. The third-order valence-corrected chi connectivity index (χ3v) is 4.33. The molecule has 2 aromatic carbocycles. The zero-order valence-electron chi connectivity index (χ0n) is 15.9. The van der Waals surface area contributed by atoms with Gasteiger partial charge < -0.3 is 10.2 Å². The van der Waals surface area contributed by atoms with E-state index in [1.54, 1.807) is 6.07 Å². The van der Waals surface area contributed by atoms with Crippen LogP contribution in [-0.2, 0) is 13.0 Å². The summed E-state index contributed by atoms with van der Waals surface area (Å²) in [6.45, 7) is 4.61. The van der Waals surface area contributed by atoms with E-state index in [0.29, 0.717) is 18.2 Å². The van der Waals surface area contributed by atoms with Gasteiger partial charge in [-0.2, -0.15) is 0 Å². The van der Waals surface area contributed by atoms with Crippen LogP contribution in [0.3, 0.4) is 0 Å². The predicted octanol–water partition coefficient (Wildman–Crippen LogP) is 4.24. The molecular weight excluding hydrogens is 336 g/mol. The lowest BCUT2D eigenvalue weighted by Crippen LogP contribution is -2.22. The Morgan fingerprint density at radius 1 is 1.04 bits per heavy atom. The van der Waals surface area contributed by atoms with E-state index in [-0.39, 0.29) is 5.91 Å². The summed E-state index contributed by atoms with van der Waals surface area (Å²) in [6, 6.07) is 19.6. The van der Waals surface area contributed by atoms with Gasteiger partial charge in [0.05, 0.1) is 0 Å². The SMILES string of the molecule is CCc1ccccc1NC(=O)c1cc(C)nc(N(C)Cc2ccccc2)n1. The number of hydrogen-bond donors (Lipinski definition) is 1. The molecule has 5 heteroatoms. The summed E-state index contributed by atoms with van der Waals surface area (Å²) < 4.78 is 0. The first kappa shape index (κ1) is 18.6. The van der Waals surface area contributed by atoms with E-state index in [9.17, 15) is 4.79 Å². The molecule has 0 fully saturated rings. The number of rotatable bonds is 6. The second-order valence-corrected chi connectivity index (χ2v) is 6.50. The van der Waals surface area contributed by atoms with Gasteiger partial charge in [0.15, 0.2) is 0 Å². The van der Waals surface area contributed by atoms with Gasteiger partial charge >= 0.3 is 0 Å². The molecule has 0 aliphatic carbocycles. The van der Waals surface area contributed by atoms with Gasteiger partial charge in [0.2, 0.25) is 5.95 Å². The number of hydrogen-bond acceptors (Lipinski definition) is 4. The van der Waals surface area contributed by atoms with Crippen LogP contribution in [0.15, 0.2) is 60.7 Å². The first-order chi connectivity index (χ1) is 13.1. The zero-order valence-corrected chi connectivity index (χ0v) is 15.9. The molecule has 0 aliphatic rings. The number of nitrogens with one attached hydrogen (secondary N) is 1. The molecule has 0 saturated heterocycles. The van der Waals surface area contributed by atoms with Crippen molar-refractivity contribution in [3.05, 3.63) is 83.2 Å². The molecule has 1 amide bonds. The maximum Gasteiger partial charge on any atom is 0.274 e. The molecule has 3 rings (SSSR count). The summed E-state index contributed by atoms with van der Waals surface area (Å²) in [5.41, 5.74) is 4.20. The molecule has 0 unspecified atom stereocenters. The number of aromatic nitrogens is 2. The molecule has 0 aliphatic heterocycles. The highest BCUT2D eigenvalue weighted by Crippen LogP contribution is 2.18. The lowest BCUT2D eigenvalue weighted by Gasteiger charge is -2.18. The Hall–Kier alpha value is -3.21. The van der Waals surface area contributed by atoms with Gasteiger partial charge in [-0.15, -0.1) is 0 Å². The van der Waals surface area contributed by atoms with Crippen molar-refractivity contribution in [3.63, 3.8) is 0 Å². The number of carbonyl (C=O) groups excluding carboxylic acids is 1. The first-order valence-electron chi connectivity index (χ1n) is 9.07. The van der Waals surface area contributed by atoms with Gasteiger partial charge in [0.1, 0.15) is 5.69 Å². The van der Waals surface area contributed by atoms with Crippen LogP contribution >= 0.6 is 0 Å². The van der Waals surface area contributed by atoms with E-state index in [2.05, 4.69) is 34.3 Å². The quantitative estimate of drug-likeness (QED) is 0.714. The van der Waals surface area contributed by atoms with E-state index in [0.717, 1.165) is 28.9 Å². The summed E-state index contributed by atoms with van der Waals surface area (Å²) in [6.07, 6.45) is 0.852. The molecule has 0 radical (unpaired) electrons. The first-order valence-corrected chi connectivity index (χ1v) is 9.07. The van der Waals surface area contributed by atoms with Gasteiger partial charge in [-0.1, -0.05) is 55.5 Å². The number of para-hydroxylation sites is 1. The van der Waals surface area contributed by atoms with Gasteiger partial charge in [-0.3, -0.25) is 4.79 Å². The van der Waals surface area contributed by atoms with Gasteiger partial charge in [0.25, 0.3) is 5.91 Å². The fourth-order valence-corrected chi connectivity index (χ4v) is 2.90. The third-order valence-electron chi connectivity index (χ3n) is 4.33. The second kappa shape index (κ2) is 8.45. The van der Waals surface area contributed by atoms with Crippen LogP contribution < -0.4 is 10.2 Å². The molecule has 0 spiro atoms. The maximum atomic E-state index is 12.7. The van der Waals surface area contributed by atoms with Crippen molar-refractivity contribution >= 4 is 17.5 Å². The Bertz CT molecular complexity index is 925. The van der Waals surface area contributed by atoms with Crippen molar-refractivity contribution in [3.8, 4) is 0 Å². The molecule has 27 heavy (non-hydrogen) atoms. The van der Waals surface area contributed by atoms with Crippen LogP contribution in [0.2, 0.25) is 0 Å². The van der Waals surface area contributed by atoms with Crippen molar-refractivity contribution < 1.29 is 4.79 Å². The number of nitrogens with zero attached hydrogens (tertiary/aromatic N) is 3. The molecule has 3 aromatic rings. The highest BCUT2D eigenvalue weighted by atomic mass is 16.1. The fraction of sp³-hybridized carbons (Fsp3) is 0.227. The number of anilines is 2. The minimum Gasteiger partial charge on any atom is -0.340 e. The number of benzene rings is 2. The fourth-order valence-electron chi connectivity index (χ4n) is 2.90. The smallest absolute Gasteiger partial charge is 0.274 e. The Kier molecular flexibility index (Phi) is 5.81. The van der Waals surface area contributed by atoms with Crippen LogP contribution in [0.5, 0.6) is 0 Å². The van der Waals surface area contributed by atoms with Gasteiger partial charge in [-0.25, -0.2) is 9.97 Å². The largest absolute Gasteiger partial charge is 0.340 e. The normalized spacial score (nSPS) is 10.5. The van der Waals surface area contributed by atoms with Gasteiger partial charge in [0, 0.05) is 25.0 Å². The van der Waals surface area contributed by atoms with Crippen molar-refractivity contribution in [2.24, 2.45) is 0 Å².